The summed E-state index contributed by atoms with van der Waals surface area (Å²) >= 11 is 0. The van der Waals surface area contributed by atoms with Crippen LogP contribution in [0.5, 0.6) is 0 Å². The van der Waals surface area contributed by atoms with Crippen LogP contribution < -0.4 is 5.32 Å². The van der Waals surface area contributed by atoms with Crippen molar-refractivity contribution >= 4 is 5.91 Å². The van der Waals surface area contributed by atoms with Crippen LogP contribution in [0.4, 0.5) is 0 Å². The summed E-state index contributed by atoms with van der Waals surface area (Å²) in [5.41, 5.74) is 0.236. The van der Waals surface area contributed by atoms with Gasteiger partial charge in [-0.1, -0.05) is 19.0 Å². The fraction of sp³-hybridized carbons (Fsp3) is 0.714. The Kier molecular flexibility index (Phi) is 5.14. The van der Waals surface area contributed by atoms with Gasteiger partial charge in [0.25, 0.3) is 5.91 Å². The number of amides is 1. The van der Waals surface area contributed by atoms with E-state index in [0.717, 1.165) is 0 Å². The van der Waals surface area contributed by atoms with Crippen LogP contribution in [-0.2, 0) is 4.74 Å². The van der Waals surface area contributed by atoms with Gasteiger partial charge in [-0.2, -0.15) is 0 Å². The SMILES string of the molecule is CC(C)c1cc(C(=O)NCC(O)COCC2CC2)no1. The normalized spacial score (nSPS) is 16.4. The summed E-state index contributed by atoms with van der Waals surface area (Å²) in [6.07, 6.45) is 1.74. The lowest BCUT2D eigenvalue weighted by molar-refractivity contribution is 0.0320. The second kappa shape index (κ2) is 6.85. The van der Waals surface area contributed by atoms with E-state index in [-0.39, 0.29) is 30.7 Å². The summed E-state index contributed by atoms with van der Waals surface area (Å²) in [5.74, 6) is 1.18. The first kappa shape index (κ1) is 15.0. The number of hydrogen-bond acceptors (Lipinski definition) is 5. The van der Waals surface area contributed by atoms with Gasteiger partial charge < -0.3 is 19.7 Å². The summed E-state index contributed by atoms with van der Waals surface area (Å²) < 4.78 is 10.4. The van der Waals surface area contributed by atoms with E-state index in [1.54, 1.807) is 6.07 Å². The summed E-state index contributed by atoms with van der Waals surface area (Å²) in [7, 11) is 0. The predicted octanol–water partition coefficient (Wildman–Crippen LogP) is 1.32. The Morgan fingerprint density at radius 3 is 2.95 bits per heavy atom. The first-order valence-electron chi connectivity index (χ1n) is 7.07. The van der Waals surface area contributed by atoms with Crippen molar-refractivity contribution in [1.29, 1.82) is 0 Å². The van der Waals surface area contributed by atoms with Gasteiger partial charge in [-0.25, -0.2) is 0 Å². The molecule has 6 nitrogen and oxygen atoms in total. The number of ether oxygens (including phenoxy) is 1. The highest BCUT2D eigenvalue weighted by Gasteiger charge is 2.21. The van der Waals surface area contributed by atoms with Crippen LogP contribution in [0.1, 0.15) is 48.9 Å². The number of aliphatic hydroxyl groups excluding tert-OH is 1. The van der Waals surface area contributed by atoms with Crippen LogP contribution in [0.25, 0.3) is 0 Å². The van der Waals surface area contributed by atoms with Gasteiger partial charge in [0.05, 0.1) is 12.7 Å². The molecule has 2 rings (SSSR count). The minimum atomic E-state index is -0.700. The molecule has 0 spiro atoms. The smallest absolute Gasteiger partial charge is 0.273 e. The molecule has 1 atom stereocenters. The van der Waals surface area contributed by atoms with E-state index >= 15 is 0 Å². The third-order valence-electron chi connectivity index (χ3n) is 3.19. The topological polar surface area (TPSA) is 84.6 Å². The van der Waals surface area contributed by atoms with Crippen LogP contribution in [-0.4, -0.2) is 42.0 Å². The average Bonchev–Trinajstić information content (AvgIpc) is 3.08. The summed E-state index contributed by atoms with van der Waals surface area (Å²) in [5, 5.41) is 16.0. The lowest BCUT2D eigenvalue weighted by Gasteiger charge is -2.11. The molecule has 1 aromatic rings. The number of carbonyl (C=O) groups is 1. The van der Waals surface area contributed by atoms with Crippen molar-refractivity contribution < 1.29 is 19.2 Å². The van der Waals surface area contributed by atoms with Crippen molar-refractivity contribution in [2.45, 2.75) is 38.7 Å². The fourth-order valence-corrected chi connectivity index (χ4v) is 1.68. The number of nitrogens with zero attached hydrogens (tertiary/aromatic N) is 1. The van der Waals surface area contributed by atoms with Gasteiger partial charge in [-0.05, 0) is 18.8 Å². The van der Waals surface area contributed by atoms with Gasteiger partial charge in [0.2, 0.25) is 0 Å². The highest BCUT2D eigenvalue weighted by atomic mass is 16.5. The van der Waals surface area contributed by atoms with Gasteiger partial charge in [0.1, 0.15) is 5.76 Å². The van der Waals surface area contributed by atoms with Crippen LogP contribution in [0.3, 0.4) is 0 Å². The van der Waals surface area contributed by atoms with Crippen LogP contribution >= 0.6 is 0 Å². The van der Waals surface area contributed by atoms with E-state index in [2.05, 4.69) is 10.5 Å². The summed E-state index contributed by atoms with van der Waals surface area (Å²) in [6.45, 7) is 5.01. The van der Waals surface area contributed by atoms with Crippen molar-refractivity contribution in [2.24, 2.45) is 5.92 Å². The lowest BCUT2D eigenvalue weighted by atomic mass is 10.1. The Morgan fingerprint density at radius 1 is 1.60 bits per heavy atom. The molecule has 1 aromatic heterocycles. The van der Waals surface area contributed by atoms with E-state index in [0.29, 0.717) is 18.3 Å². The standard InChI is InChI=1S/C14H22N2O4/c1-9(2)13-5-12(16-20-13)14(18)15-6-11(17)8-19-7-10-3-4-10/h5,9-11,17H,3-4,6-8H2,1-2H3,(H,15,18). The van der Waals surface area contributed by atoms with E-state index in [1.807, 2.05) is 13.8 Å². The third kappa shape index (κ3) is 4.61. The van der Waals surface area contributed by atoms with Gasteiger partial charge >= 0.3 is 0 Å². The first-order chi connectivity index (χ1) is 9.56. The van der Waals surface area contributed by atoms with Crippen LogP contribution in [0, 0.1) is 5.92 Å². The minimum absolute atomic E-state index is 0.146. The van der Waals surface area contributed by atoms with Crippen molar-refractivity contribution in [3.8, 4) is 0 Å². The summed E-state index contributed by atoms with van der Waals surface area (Å²) in [6, 6.07) is 1.62. The van der Waals surface area contributed by atoms with Crippen LogP contribution in [0.15, 0.2) is 10.6 Å². The molecule has 0 aliphatic heterocycles. The molecule has 1 saturated carbocycles. The Morgan fingerprint density at radius 2 is 2.35 bits per heavy atom. The predicted molar refractivity (Wildman–Crippen MR) is 72.5 cm³/mol. The highest BCUT2D eigenvalue weighted by molar-refractivity contribution is 5.92. The molecule has 0 aromatic carbocycles. The molecule has 112 valence electrons. The fourth-order valence-electron chi connectivity index (χ4n) is 1.68. The Bertz CT molecular complexity index is 440. The molecule has 6 heteroatoms. The Balaban J connectivity index is 1.67. The quantitative estimate of drug-likeness (QED) is 0.751. The Labute approximate surface area is 118 Å². The van der Waals surface area contributed by atoms with Crippen molar-refractivity contribution in [3.05, 3.63) is 17.5 Å². The second-order valence-corrected chi connectivity index (χ2v) is 5.61. The highest BCUT2D eigenvalue weighted by Crippen LogP contribution is 2.28. The van der Waals surface area contributed by atoms with E-state index in [1.165, 1.54) is 12.8 Å². The molecular weight excluding hydrogens is 260 g/mol. The number of hydrogen-bond donors (Lipinski definition) is 2. The molecule has 0 radical (unpaired) electrons. The molecule has 0 saturated heterocycles. The van der Waals surface area contributed by atoms with Crippen molar-refractivity contribution in [3.63, 3.8) is 0 Å². The number of nitrogens with one attached hydrogen (secondary N) is 1. The molecule has 0 bridgehead atoms. The molecular formula is C14H22N2O4. The van der Waals surface area contributed by atoms with E-state index < -0.39 is 6.10 Å². The zero-order valence-electron chi connectivity index (χ0n) is 12.0. The first-order valence-corrected chi connectivity index (χ1v) is 7.07. The maximum absolute atomic E-state index is 11.8. The molecule has 1 amide bonds. The number of aliphatic hydroxyl groups is 1. The lowest BCUT2D eigenvalue weighted by Crippen LogP contribution is -2.34. The second-order valence-electron chi connectivity index (χ2n) is 5.61. The van der Waals surface area contributed by atoms with Gasteiger partial charge in [0.15, 0.2) is 5.69 Å². The van der Waals surface area contributed by atoms with Gasteiger partial charge in [-0.3, -0.25) is 4.79 Å². The Hall–Kier alpha value is -1.40. The number of carbonyl (C=O) groups excluding carboxylic acids is 1. The monoisotopic (exact) mass is 282 g/mol. The molecule has 2 N–H and O–H groups in total. The third-order valence-corrected chi connectivity index (χ3v) is 3.19. The van der Waals surface area contributed by atoms with Crippen molar-refractivity contribution in [2.75, 3.05) is 19.8 Å². The zero-order valence-corrected chi connectivity index (χ0v) is 12.0. The molecule has 1 aliphatic rings. The number of rotatable bonds is 8. The molecule has 20 heavy (non-hydrogen) atoms. The maximum atomic E-state index is 11.8. The number of aromatic nitrogens is 1. The molecule has 1 unspecified atom stereocenters. The largest absolute Gasteiger partial charge is 0.389 e. The summed E-state index contributed by atoms with van der Waals surface area (Å²) in [4.78, 5) is 11.8. The molecule has 1 heterocycles. The maximum Gasteiger partial charge on any atom is 0.273 e. The van der Waals surface area contributed by atoms with E-state index in [4.69, 9.17) is 9.26 Å². The minimum Gasteiger partial charge on any atom is -0.389 e. The van der Waals surface area contributed by atoms with E-state index in [9.17, 15) is 9.90 Å². The van der Waals surface area contributed by atoms with Gasteiger partial charge in [0, 0.05) is 25.1 Å². The van der Waals surface area contributed by atoms with Crippen LogP contribution in [0.2, 0.25) is 0 Å². The van der Waals surface area contributed by atoms with Crippen molar-refractivity contribution in [1.82, 2.24) is 10.5 Å². The average molecular weight is 282 g/mol. The van der Waals surface area contributed by atoms with Gasteiger partial charge in [-0.15, -0.1) is 0 Å². The zero-order chi connectivity index (χ0) is 14.5. The molecule has 1 fully saturated rings. The molecule has 1 aliphatic carbocycles.